The molecule has 0 aromatic heterocycles. The molecule has 0 amide bonds. The topological polar surface area (TPSA) is 21.7 Å². The fraction of sp³-hybridized carbons (Fsp3) is 0.143. The minimum absolute atomic E-state index is 0.254. The van der Waals surface area contributed by atoms with Gasteiger partial charge in [-0.2, -0.15) is 0 Å². The van der Waals surface area contributed by atoms with Crippen LogP contribution in [-0.4, -0.2) is 7.11 Å². The molecule has 0 spiro atoms. The van der Waals surface area contributed by atoms with Gasteiger partial charge in [0.2, 0.25) is 0 Å². The molecule has 0 aliphatic carbocycles. The van der Waals surface area contributed by atoms with Crippen molar-refractivity contribution in [3.8, 4) is 11.5 Å². The van der Waals surface area contributed by atoms with Crippen LogP contribution in [0.2, 0.25) is 0 Å². The van der Waals surface area contributed by atoms with Crippen LogP contribution < -0.4 is 14.4 Å². The molecule has 1 atom stereocenters. The summed E-state index contributed by atoms with van der Waals surface area (Å²) in [4.78, 5) is 2.16. The van der Waals surface area contributed by atoms with Crippen LogP contribution in [0.3, 0.4) is 0 Å². The van der Waals surface area contributed by atoms with Crippen LogP contribution in [0.4, 0.5) is 10.1 Å². The molecule has 0 fully saturated rings. The summed E-state index contributed by atoms with van der Waals surface area (Å²) < 4.78 is 24.8. The average Bonchev–Trinajstić information content (AvgIpc) is 2.68. The molecular formula is C21H18FNO2. The Bertz CT molecular complexity index is 862. The zero-order valence-corrected chi connectivity index (χ0v) is 13.9. The SMILES string of the molecule is COc1ccc(N2Cc3ccccc3OC2c2ccc(F)cc2)cc1. The lowest BCUT2D eigenvalue weighted by molar-refractivity contribution is 0.178. The van der Waals surface area contributed by atoms with Crippen LogP contribution in [0.5, 0.6) is 11.5 Å². The van der Waals surface area contributed by atoms with Crippen molar-refractivity contribution in [2.75, 3.05) is 12.0 Å². The van der Waals surface area contributed by atoms with E-state index in [1.807, 2.05) is 42.5 Å². The number of halogens is 1. The van der Waals surface area contributed by atoms with Crippen molar-refractivity contribution >= 4 is 5.69 Å². The lowest BCUT2D eigenvalue weighted by Gasteiger charge is -2.38. The molecule has 0 radical (unpaired) electrons. The fourth-order valence-electron chi connectivity index (χ4n) is 3.08. The van der Waals surface area contributed by atoms with Crippen molar-refractivity contribution in [3.63, 3.8) is 0 Å². The van der Waals surface area contributed by atoms with Gasteiger partial charge in [-0.15, -0.1) is 0 Å². The van der Waals surface area contributed by atoms with Crippen LogP contribution in [0.1, 0.15) is 17.4 Å². The average molecular weight is 335 g/mol. The summed E-state index contributed by atoms with van der Waals surface area (Å²) in [5.74, 6) is 1.41. The molecule has 126 valence electrons. The Morgan fingerprint density at radius 1 is 0.960 bits per heavy atom. The fourth-order valence-corrected chi connectivity index (χ4v) is 3.08. The van der Waals surface area contributed by atoms with Gasteiger partial charge in [0.1, 0.15) is 17.3 Å². The van der Waals surface area contributed by atoms with Crippen LogP contribution in [0.25, 0.3) is 0 Å². The van der Waals surface area contributed by atoms with Gasteiger partial charge < -0.3 is 14.4 Å². The summed E-state index contributed by atoms with van der Waals surface area (Å²) in [5, 5.41) is 0. The van der Waals surface area contributed by atoms with Crippen LogP contribution >= 0.6 is 0 Å². The van der Waals surface area contributed by atoms with Gasteiger partial charge in [0.15, 0.2) is 6.23 Å². The first-order valence-corrected chi connectivity index (χ1v) is 8.15. The number of rotatable bonds is 3. The molecule has 3 nitrogen and oxygen atoms in total. The molecule has 4 heteroatoms. The third kappa shape index (κ3) is 3.03. The molecular weight excluding hydrogens is 317 g/mol. The molecule has 0 bridgehead atoms. The largest absolute Gasteiger partial charge is 0.497 e. The quantitative estimate of drug-likeness (QED) is 0.677. The number of benzene rings is 3. The van der Waals surface area contributed by atoms with Crippen molar-refractivity contribution in [1.29, 1.82) is 0 Å². The summed E-state index contributed by atoms with van der Waals surface area (Å²) in [6.07, 6.45) is -0.316. The Morgan fingerprint density at radius 3 is 2.40 bits per heavy atom. The number of fused-ring (bicyclic) bond motifs is 1. The first-order chi connectivity index (χ1) is 12.2. The number of anilines is 1. The van der Waals surface area contributed by atoms with Crippen molar-refractivity contribution in [2.45, 2.75) is 12.8 Å². The predicted molar refractivity (Wildman–Crippen MR) is 95.4 cm³/mol. The minimum Gasteiger partial charge on any atom is -0.497 e. The second kappa shape index (κ2) is 6.48. The highest BCUT2D eigenvalue weighted by molar-refractivity contribution is 5.54. The molecule has 3 aromatic rings. The summed E-state index contributed by atoms with van der Waals surface area (Å²) >= 11 is 0. The van der Waals surface area contributed by atoms with E-state index in [0.717, 1.165) is 28.3 Å². The maximum atomic E-state index is 13.3. The monoisotopic (exact) mass is 335 g/mol. The van der Waals surface area contributed by atoms with E-state index in [1.54, 1.807) is 19.2 Å². The van der Waals surface area contributed by atoms with E-state index in [2.05, 4.69) is 11.0 Å². The van der Waals surface area contributed by atoms with Crippen molar-refractivity contribution in [1.82, 2.24) is 0 Å². The predicted octanol–water partition coefficient (Wildman–Crippen LogP) is 4.93. The Kier molecular flexibility index (Phi) is 4.02. The number of methoxy groups -OCH3 is 1. The summed E-state index contributed by atoms with van der Waals surface area (Å²) in [6.45, 7) is 0.713. The summed E-state index contributed by atoms with van der Waals surface area (Å²) in [6, 6.07) is 22.3. The number of ether oxygens (including phenoxy) is 2. The molecule has 3 aromatic carbocycles. The standard InChI is InChI=1S/C21H18FNO2/c1-24-19-12-10-18(11-13-19)23-14-16-4-2-3-5-20(16)25-21(23)15-6-8-17(22)9-7-15/h2-13,21H,14H2,1H3. The maximum absolute atomic E-state index is 13.3. The van der Waals surface area contributed by atoms with E-state index < -0.39 is 0 Å². The third-order valence-corrected chi connectivity index (χ3v) is 4.39. The molecule has 0 N–H and O–H groups in total. The molecule has 1 heterocycles. The van der Waals surface area contributed by atoms with Gasteiger partial charge >= 0.3 is 0 Å². The highest BCUT2D eigenvalue weighted by Crippen LogP contribution is 2.38. The summed E-state index contributed by atoms with van der Waals surface area (Å²) in [7, 11) is 1.65. The number of nitrogens with zero attached hydrogens (tertiary/aromatic N) is 1. The zero-order chi connectivity index (χ0) is 17.2. The Labute approximate surface area is 146 Å². The van der Waals surface area contributed by atoms with E-state index in [4.69, 9.17) is 9.47 Å². The molecule has 0 saturated heterocycles. The van der Waals surface area contributed by atoms with Crippen LogP contribution in [0.15, 0.2) is 72.8 Å². The molecule has 1 aliphatic rings. The second-order valence-corrected chi connectivity index (χ2v) is 5.96. The zero-order valence-electron chi connectivity index (χ0n) is 13.9. The summed E-state index contributed by atoms with van der Waals surface area (Å²) in [5.41, 5.74) is 3.05. The molecule has 1 unspecified atom stereocenters. The molecule has 4 rings (SSSR count). The van der Waals surface area contributed by atoms with Crippen LogP contribution in [-0.2, 0) is 6.54 Å². The molecule has 0 saturated carbocycles. The number of hydrogen-bond acceptors (Lipinski definition) is 3. The first kappa shape index (κ1) is 15.5. The van der Waals surface area contributed by atoms with Gasteiger partial charge in [-0.05, 0) is 42.5 Å². The highest BCUT2D eigenvalue weighted by atomic mass is 19.1. The van der Waals surface area contributed by atoms with E-state index >= 15 is 0 Å². The smallest absolute Gasteiger partial charge is 0.199 e. The lowest BCUT2D eigenvalue weighted by Crippen LogP contribution is -2.35. The second-order valence-electron chi connectivity index (χ2n) is 5.96. The van der Waals surface area contributed by atoms with Crippen molar-refractivity contribution in [3.05, 3.63) is 89.7 Å². The van der Waals surface area contributed by atoms with E-state index in [1.165, 1.54) is 12.1 Å². The van der Waals surface area contributed by atoms with Crippen molar-refractivity contribution in [2.24, 2.45) is 0 Å². The third-order valence-electron chi connectivity index (χ3n) is 4.39. The highest BCUT2D eigenvalue weighted by Gasteiger charge is 2.29. The van der Waals surface area contributed by atoms with Crippen molar-refractivity contribution < 1.29 is 13.9 Å². The van der Waals surface area contributed by atoms with Crippen LogP contribution in [0, 0.1) is 5.82 Å². The van der Waals surface area contributed by atoms with Gasteiger partial charge in [0.25, 0.3) is 0 Å². The number of para-hydroxylation sites is 1. The Morgan fingerprint density at radius 2 is 1.68 bits per heavy atom. The normalized spacial score (nSPS) is 16.1. The van der Waals surface area contributed by atoms with Gasteiger partial charge in [-0.25, -0.2) is 4.39 Å². The van der Waals surface area contributed by atoms with Gasteiger partial charge in [0.05, 0.1) is 13.7 Å². The minimum atomic E-state index is -0.316. The lowest BCUT2D eigenvalue weighted by atomic mass is 10.1. The van der Waals surface area contributed by atoms with E-state index in [9.17, 15) is 4.39 Å². The molecule has 1 aliphatic heterocycles. The van der Waals surface area contributed by atoms with Gasteiger partial charge in [-0.3, -0.25) is 0 Å². The van der Waals surface area contributed by atoms with Gasteiger partial charge in [0, 0.05) is 16.8 Å². The van der Waals surface area contributed by atoms with E-state index in [0.29, 0.717) is 6.54 Å². The van der Waals surface area contributed by atoms with Gasteiger partial charge in [-0.1, -0.05) is 30.3 Å². The first-order valence-electron chi connectivity index (χ1n) is 8.15. The Hall–Kier alpha value is -3.01. The number of hydrogen-bond donors (Lipinski definition) is 0. The maximum Gasteiger partial charge on any atom is 0.199 e. The molecule has 25 heavy (non-hydrogen) atoms. The Balaban J connectivity index is 1.75. The van der Waals surface area contributed by atoms with E-state index in [-0.39, 0.29) is 12.0 Å².